The van der Waals surface area contributed by atoms with E-state index < -0.39 is 0 Å². The Balaban J connectivity index is 1.39. The van der Waals surface area contributed by atoms with Crippen molar-refractivity contribution in [3.63, 3.8) is 0 Å². The van der Waals surface area contributed by atoms with Crippen molar-refractivity contribution >= 4 is 29.0 Å². The summed E-state index contributed by atoms with van der Waals surface area (Å²) in [6.45, 7) is 7.35. The molecule has 0 saturated carbocycles. The number of morpholine rings is 1. The van der Waals surface area contributed by atoms with E-state index >= 15 is 0 Å². The van der Waals surface area contributed by atoms with E-state index in [1.807, 2.05) is 60.4 Å². The van der Waals surface area contributed by atoms with Gasteiger partial charge in [0, 0.05) is 44.0 Å². The predicted octanol–water partition coefficient (Wildman–Crippen LogP) is 4.59. The maximum absolute atomic E-state index is 13.2. The molecule has 0 radical (unpaired) electrons. The highest BCUT2D eigenvalue weighted by molar-refractivity contribution is 6.05. The number of nitrogens with one attached hydrogen (secondary N) is 2. The number of urea groups is 1. The average molecular weight is 502 g/mol. The molecule has 4 rings (SSSR count). The molecule has 3 amide bonds. The van der Waals surface area contributed by atoms with Crippen LogP contribution >= 0.6 is 0 Å². The summed E-state index contributed by atoms with van der Waals surface area (Å²) in [6, 6.07) is 22.1. The maximum atomic E-state index is 13.2. The first-order valence-electron chi connectivity index (χ1n) is 12.7. The van der Waals surface area contributed by atoms with E-state index in [0.29, 0.717) is 30.0 Å². The fourth-order valence-corrected chi connectivity index (χ4v) is 4.19. The summed E-state index contributed by atoms with van der Waals surface area (Å²) in [7, 11) is 0. The third kappa shape index (κ3) is 7.80. The van der Waals surface area contributed by atoms with Crippen molar-refractivity contribution in [1.82, 2.24) is 9.80 Å². The lowest BCUT2D eigenvalue weighted by Gasteiger charge is -2.28. The summed E-state index contributed by atoms with van der Waals surface area (Å²) in [5, 5.41) is 5.86. The highest BCUT2D eigenvalue weighted by atomic mass is 16.5. The number of carbonyl (C=O) groups is 2. The summed E-state index contributed by atoms with van der Waals surface area (Å²) in [5.74, 6) is -0.232. The van der Waals surface area contributed by atoms with E-state index in [1.54, 1.807) is 24.3 Å². The van der Waals surface area contributed by atoms with Gasteiger partial charge >= 0.3 is 6.03 Å². The SMILES string of the molecule is Cc1ccc(NC(=O)N(CCCN2CCOCC2)Cc2ccc(C(=O)Nc3ccccc3N)cc2)cc1. The molecule has 4 N–H and O–H groups in total. The number of nitrogens with two attached hydrogens (primary N) is 1. The van der Waals surface area contributed by atoms with Crippen LogP contribution in [0.25, 0.3) is 0 Å². The molecule has 37 heavy (non-hydrogen) atoms. The molecule has 3 aromatic rings. The quantitative estimate of drug-likeness (QED) is 0.373. The number of aryl methyl sites for hydroxylation is 1. The van der Waals surface area contributed by atoms with Crippen LogP contribution in [0.1, 0.15) is 27.9 Å². The number of para-hydroxylation sites is 2. The van der Waals surface area contributed by atoms with E-state index in [1.165, 1.54) is 0 Å². The summed E-state index contributed by atoms with van der Waals surface area (Å²) >= 11 is 0. The van der Waals surface area contributed by atoms with Gasteiger partial charge < -0.3 is 26.0 Å². The molecule has 3 aromatic carbocycles. The van der Waals surface area contributed by atoms with Crippen LogP contribution in [-0.2, 0) is 11.3 Å². The first kappa shape index (κ1) is 26.2. The first-order valence-corrected chi connectivity index (χ1v) is 12.7. The third-order valence-corrected chi connectivity index (χ3v) is 6.39. The number of ether oxygens (including phenoxy) is 1. The zero-order valence-electron chi connectivity index (χ0n) is 21.3. The largest absolute Gasteiger partial charge is 0.397 e. The minimum atomic E-state index is -0.232. The molecule has 1 aliphatic rings. The molecule has 194 valence electrons. The number of anilines is 3. The van der Waals surface area contributed by atoms with Crippen LogP contribution in [0.4, 0.5) is 21.9 Å². The van der Waals surface area contributed by atoms with Crippen molar-refractivity contribution in [3.8, 4) is 0 Å². The van der Waals surface area contributed by atoms with E-state index in [-0.39, 0.29) is 11.9 Å². The van der Waals surface area contributed by atoms with Crippen LogP contribution in [0, 0.1) is 6.92 Å². The smallest absolute Gasteiger partial charge is 0.322 e. The minimum absolute atomic E-state index is 0.146. The van der Waals surface area contributed by atoms with Gasteiger partial charge in [-0.1, -0.05) is 42.0 Å². The van der Waals surface area contributed by atoms with Crippen LogP contribution in [0.3, 0.4) is 0 Å². The topological polar surface area (TPSA) is 99.9 Å². The van der Waals surface area contributed by atoms with Crippen LogP contribution in [0.5, 0.6) is 0 Å². The lowest BCUT2D eigenvalue weighted by molar-refractivity contribution is 0.0365. The van der Waals surface area contributed by atoms with Gasteiger partial charge in [0.2, 0.25) is 0 Å². The second-order valence-electron chi connectivity index (χ2n) is 9.26. The van der Waals surface area contributed by atoms with Crippen LogP contribution in [0.2, 0.25) is 0 Å². The van der Waals surface area contributed by atoms with E-state index in [0.717, 1.165) is 56.1 Å². The van der Waals surface area contributed by atoms with Crippen molar-refractivity contribution in [2.24, 2.45) is 0 Å². The highest BCUT2D eigenvalue weighted by Gasteiger charge is 2.17. The summed E-state index contributed by atoms with van der Waals surface area (Å²) < 4.78 is 5.43. The van der Waals surface area contributed by atoms with Crippen LogP contribution in [0.15, 0.2) is 72.8 Å². The highest BCUT2D eigenvalue weighted by Crippen LogP contribution is 2.18. The molecule has 0 unspecified atom stereocenters. The van der Waals surface area contributed by atoms with Gasteiger partial charge in [-0.15, -0.1) is 0 Å². The lowest BCUT2D eigenvalue weighted by atomic mass is 10.1. The lowest BCUT2D eigenvalue weighted by Crippen LogP contribution is -2.40. The summed E-state index contributed by atoms with van der Waals surface area (Å²) in [6.07, 6.45) is 0.861. The summed E-state index contributed by atoms with van der Waals surface area (Å²) in [5.41, 5.74) is 10.4. The van der Waals surface area contributed by atoms with Crippen molar-refractivity contribution in [2.45, 2.75) is 19.9 Å². The first-order chi connectivity index (χ1) is 18.0. The van der Waals surface area contributed by atoms with Gasteiger partial charge in [0.05, 0.1) is 24.6 Å². The number of hydrogen-bond acceptors (Lipinski definition) is 5. The van der Waals surface area contributed by atoms with Crippen LogP contribution in [-0.4, -0.2) is 61.1 Å². The fourth-order valence-electron chi connectivity index (χ4n) is 4.19. The normalized spacial score (nSPS) is 13.6. The molecule has 8 nitrogen and oxygen atoms in total. The van der Waals surface area contributed by atoms with Crippen molar-refractivity contribution < 1.29 is 14.3 Å². The molecule has 8 heteroatoms. The maximum Gasteiger partial charge on any atom is 0.322 e. The van der Waals surface area contributed by atoms with Gasteiger partial charge in [0.15, 0.2) is 0 Å². The molecule has 1 heterocycles. The van der Waals surface area contributed by atoms with Gasteiger partial charge in [-0.05, 0) is 55.3 Å². The van der Waals surface area contributed by atoms with E-state index in [9.17, 15) is 9.59 Å². The second kappa shape index (κ2) is 12.9. The Labute approximate surface area is 218 Å². The Morgan fingerprint density at radius 2 is 1.65 bits per heavy atom. The summed E-state index contributed by atoms with van der Waals surface area (Å²) in [4.78, 5) is 30.1. The number of rotatable bonds is 9. The molecule has 0 bridgehead atoms. The molecule has 1 fully saturated rings. The van der Waals surface area contributed by atoms with Gasteiger partial charge in [-0.25, -0.2) is 4.79 Å². The Morgan fingerprint density at radius 3 is 2.35 bits per heavy atom. The standard InChI is InChI=1S/C29H35N5O3/c1-22-7-13-25(14-8-22)31-29(36)34(16-4-15-33-17-19-37-20-18-33)21-23-9-11-24(12-10-23)28(35)32-27-6-3-2-5-26(27)30/h2-3,5-14H,4,15-21,30H2,1H3,(H,31,36)(H,32,35). The zero-order valence-corrected chi connectivity index (χ0v) is 21.3. The zero-order chi connectivity index (χ0) is 26.0. The molecule has 0 aliphatic carbocycles. The van der Waals surface area contributed by atoms with Crippen LogP contribution < -0.4 is 16.4 Å². The Bertz CT molecular complexity index is 1170. The molecular formula is C29H35N5O3. The average Bonchev–Trinajstić information content (AvgIpc) is 2.91. The Kier molecular flexibility index (Phi) is 9.13. The number of nitrogens with zero attached hydrogens (tertiary/aromatic N) is 2. The fraction of sp³-hybridized carbons (Fsp3) is 0.310. The van der Waals surface area contributed by atoms with Gasteiger partial charge in [0.25, 0.3) is 5.91 Å². The molecule has 0 atom stereocenters. The molecular weight excluding hydrogens is 466 g/mol. The van der Waals surface area contributed by atoms with Crippen molar-refractivity contribution in [3.05, 3.63) is 89.5 Å². The minimum Gasteiger partial charge on any atom is -0.397 e. The number of nitrogen functional groups attached to an aromatic ring is 1. The molecule has 1 aliphatic heterocycles. The number of carbonyl (C=O) groups excluding carboxylic acids is 2. The molecule has 0 spiro atoms. The second-order valence-corrected chi connectivity index (χ2v) is 9.26. The molecule has 1 saturated heterocycles. The predicted molar refractivity (Wildman–Crippen MR) is 148 cm³/mol. The Morgan fingerprint density at radius 1 is 0.946 bits per heavy atom. The van der Waals surface area contributed by atoms with Crippen molar-refractivity contribution in [1.29, 1.82) is 0 Å². The monoisotopic (exact) mass is 501 g/mol. The third-order valence-electron chi connectivity index (χ3n) is 6.39. The van der Waals surface area contributed by atoms with Gasteiger partial charge in [-0.3, -0.25) is 9.69 Å². The van der Waals surface area contributed by atoms with Gasteiger partial charge in [0.1, 0.15) is 0 Å². The number of amides is 3. The van der Waals surface area contributed by atoms with Crippen molar-refractivity contribution in [2.75, 3.05) is 55.8 Å². The molecule has 0 aromatic heterocycles. The Hall–Kier alpha value is -3.88. The van der Waals surface area contributed by atoms with E-state index in [4.69, 9.17) is 10.5 Å². The number of hydrogen-bond donors (Lipinski definition) is 3. The number of benzene rings is 3. The van der Waals surface area contributed by atoms with Gasteiger partial charge in [-0.2, -0.15) is 0 Å². The van der Waals surface area contributed by atoms with E-state index in [2.05, 4.69) is 15.5 Å².